The summed E-state index contributed by atoms with van der Waals surface area (Å²) in [6, 6.07) is 5.59. The summed E-state index contributed by atoms with van der Waals surface area (Å²) in [5.41, 5.74) is -0.0192. The first-order chi connectivity index (χ1) is 7.49. The molecule has 0 unspecified atom stereocenters. The molecular weight excluding hydrogens is 251 g/mol. The zero-order valence-electron chi connectivity index (χ0n) is 7.87. The molecule has 2 rings (SSSR count). The van der Waals surface area contributed by atoms with Gasteiger partial charge in [0.15, 0.2) is 0 Å². The van der Waals surface area contributed by atoms with Gasteiger partial charge in [-0.05, 0) is 24.3 Å². The summed E-state index contributed by atoms with van der Waals surface area (Å²) in [4.78, 5) is 10.8. The second-order valence-electron chi connectivity index (χ2n) is 3.28. The van der Waals surface area contributed by atoms with Crippen LogP contribution in [0.4, 0.5) is 0 Å². The van der Waals surface area contributed by atoms with E-state index in [4.69, 9.17) is 28.3 Å². The van der Waals surface area contributed by atoms with Crippen molar-refractivity contribution >= 4 is 39.9 Å². The molecule has 0 aliphatic rings. The SMILES string of the molecule is O=C(O)c1cc(O)c2cc(Cl)cc(Cl)c2c1. The molecule has 0 atom stereocenters. The lowest BCUT2D eigenvalue weighted by atomic mass is 10.1. The number of carboxylic acid groups (broad SMARTS) is 1. The van der Waals surface area contributed by atoms with Crippen molar-refractivity contribution in [1.82, 2.24) is 0 Å². The molecule has 0 aliphatic carbocycles. The fraction of sp³-hybridized carbons (Fsp3) is 0. The lowest BCUT2D eigenvalue weighted by Gasteiger charge is -2.05. The van der Waals surface area contributed by atoms with Crippen LogP contribution in [0.5, 0.6) is 5.75 Å². The van der Waals surface area contributed by atoms with E-state index in [1.165, 1.54) is 18.2 Å². The Kier molecular flexibility index (Phi) is 2.66. The molecule has 16 heavy (non-hydrogen) atoms. The molecule has 0 aliphatic heterocycles. The molecule has 3 nitrogen and oxygen atoms in total. The van der Waals surface area contributed by atoms with Gasteiger partial charge in [-0.3, -0.25) is 0 Å². The fourth-order valence-electron chi connectivity index (χ4n) is 1.49. The van der Waals surface area contributed by atoms with Gasteiger partial charge in [-0.15, -0.1) is 0 Å². The van der Waals surface area contributed by atoms with Gasteiger partial charge in [0.1, 0.15) is 5.75 Å². The molecule has 0 saturated carbocycles. The summed E-state index contributed by atoms with van der Waals surface area (Å²) in [6.45, 7) is 0. The normalized spacial score (nSPS) is 10.6. The summed E-state index contributed by atoms with van der Waals surface area (Å²) in [7, 11) is 0. The molecule has 0 heterocycles. The molecule has 0 fully saturated rings. The summed E-state index contributed by atoms with van der Waals surface area (Å²) < 4.78 is 0. The largest absolute Gasteiger partial charge is 0.507 e. The van der Waals surface area contributed by atoms with Crippen LogP contribution >= 0.6 is 23.2 Å². The summed E-state index contributed by atoms with van der Waals surface area (Å²) in [5.74, 6) is -1.28. The second kappa shape index (κ2) is 3.85. The van der Waals surface area contributed by atoms with Crippen LogP contribution in [-0.4, -0.2) is 16.2 Å². The number of hydrogen-bond donors (Lipinski definition) is 2. The average molecular weight is 257 g/mol. The number of hydrogen-bond acceptors (Lipinski definition) is 2. The van der Waals surface area contributed by atoms with Crippen LogP contribution in [0, 0.1) is 0 Å². The van der Waals surface area contributed by atoms with Crippen LogP contribution in [-0.2, 0) is 0 Å². The maximum absolute atomic E-state index is 10.8. The summed E-state index contributed by atoms with van der Waals surface area (Å²) in [6.07, 6.45) is 0. The number of carboxylic acids is 1. The van der Waals surface area contributed by atoms with E-state index in [-0.39, 0.29) is 11.3 Å². The maximum atomic E-state index is 10.8. The van der Waals surface area contributed by atoms with Crippen molar-refractivity contribution in [3.63, 3.8) is 0 Å². The van der Waals surface area contributed by atoms with Gasteiger partial charge < -0.3 is 10.2 Å². The topological polar surface area (TPSA) is 57.5 Å². The number of aromatic carboxylic acids is 1. The van der Waals surface area contributed by atoms with Crippen molar-refractivity contribution in [2.45, 2.75) is 0 Å². The summed E-state index contributed by atoms with van der Waals surface area (Å²) >= 11 is 11.7. The van der Waals surface area contributed by atoms with Gasteiger partial charge in [-0.1, -0.05) is 23.2 Å². The molecule has 82 valence electrons. The molecule has 0 aromatic heterocycles. The molecule has 0 saturated heterocycles. The van der Waals surface area contributed by atoms with E-state index >= 15 is 0 Å². The lowest BCUT2D eigenvalue weighted by Crippen LogP contribution is -1.95. The Morgan fingerprint density at radius 3 is 2.38 bits per heavy atom. The Labute approximate surface area is 101 Å². The number of halogens is 2. The monoisotopic (exact) mass is 256 g/mol. The molecule has 2 aromatic carbocycles. The summed E-state index contributed by atoms with van der Waals surface area (Å²) in [5, 5.41) is 20.1. The van der Waals surface area contributed by atoms with Gasteiger partial charge in [0.2, 0.25) is 0 Å². The van der Waals surface area contributed by atoms with E-state index < -0.39 is 5.97 Å². The average Bonchev–Trinajstić information content (AvgIpc) is 2.19. The van der Waals surface area contributed by atoms with Gasteiger partial charge in [-0.25, -0.2) is 4.79 Å². The van der Waals surface area contributed by atoms with Gasteiger partial charge in [0.05, 0.1) is 10.6 Å². The number of phenolic OH excluding ortho intramolecular Hbond substituents is 1. The first-order valence-electron chi connectivity index (χ1n) is 4.34. The van der Waals surface area contributed by atoms with Crippen molar-refractivity contribution in [2.75, 3.05) is 0 Å². The second-order valence-corrected chi connectivity index (χ2v) is 4.13. The van der Waals surface area contributed by atoms with Gasteiger partial charge >= 0.3 is 5.97 Å². The van der Waals surface area contributed by atoms with Gasteiger partial charge in [0.25, 0.3) is 0 Å². The Morgan fingerprint density at radius 1 is 1.06 bits per heavy atom. The number of aromatic hydroxyl groups is 1. The third kappa shape index (κ3) is 1.79. The first-order valence-corrected chi connectivity index (χ1v) is 5.09. The highest BCUT2D eigenvalue weighted by Gasteiger charge is 2.11. The van der Waals surface area contributed by atoms with Crippen molar-refractivity contribution in [1.29, 1.82) is 0 Å². The van der Waals surface area contributed by atoms with Crippen molar-refractivity contribution < 1.29 is 15.0 Å². The van der Waals surface area contributed by atoms with Crippen LogP contribution in [0.15, 0.2) is 24.3 Å². The molecule has 0 bridgehead atoms. The quantitative estimate of drug-likeness (QED) is 0.821. The highest BCUT2D eigenvalue weighted by molar-refractivity contribution is 6.39. The number of carbonyl (C=O) groups is 1. The molecule has 0 amide bonds. The van der Waals surface area contributed by atoms with Crippen LogP contribution in [0.1, 0.15) is 10.4 Å². The maximum Gasteiger partial charge on any atom is 0.335 e. The Hall–Kier alpha value is -1.45. The standard InChI is InChI=1S/C11H6Cl2O3/c12-6-3-8-7(9(13)4-6)1-5(11(15)16)2-10(8)14/h1-4,14H,(H,15,16). The zero-order valence-corrected chi connectivity index (χ0v) is 9.38. The minimum absolute atomic E-state index is 0.0192. The van der Waals surface area contributed by atoms with Crippen molar-refractivity contribution in [3.8, 4) is 5.75 Å². The number of phenols is 1. The third-order valence-electron chi connectivity index (χ3n) is 2.21. The van der Waals surface area contributed by atoms with E-state index in [9.17, 15) is 9.90 Å². The van der Waals surface area contributed by atoms with Crippen LogP contribution in [0.25, 0.3) is 10.8 Å². The van der Waals surface area contributed by atoms with Crippen LogP contribution in [0.3, 0.4) is 0 Å². The van der Waals surface area contributed by atoms with E-state index in [1.807, 2.05) is 0 Å². The van der Waals surface area contributed by atoms with Gasteiger partial charge in [-0.2, -0.15) is 0 Å². The van der Waals surface area contributed by atoms with Gasteiger partial charge in [0, 0.05) is 15.8 Å². The first kappa shape index (κ1) is 11.0. The van der Waals surface area contributed by atoms with Crippen molar-refractivity contribution in [3.05, 3.63) is 39.9 Å². The number of rotatable bonds is 1. The van der Waals surface area contributed by atoms with E-state index in [2.05, 4.69) is 0 Å². The smallest absolute Gasteiger partial charge is 0.335 e. The predicted octanol–water partition coefficient (Wildman–Crippen LogP) is 3.55. The molecule has 0 spiro atoms. The molecule has 0 radical (unpaired) electrons. The van der Waals surface area contributed by atoms with E-state index in [0.29, 0.717) is 20.8 Å². The molecule has 5 heteroatoms. The highest BCUT2D eigenvalue weighted by Crippen LogP contribution is 2.34. The van der Waals surface area contributed by atoms with Crippen molar-refractivity contribution in [2.24, 2.45) is 0 Å². The molecular formula is C11H6Cl2O3. The Balaban J connectivity index is 2.87. The molecule has 2 N–H and O–H groups in total. The van der Waals surface area contributed by atoms with E-state index in [0.717, 1.165) is 6.07 Å². The Bertz CT molecular complexity index is 593. The van der Waals surface area contributed by atoms with Crippen LogP contribution in [0.2, 0.25) is 10.0 Å². The third-order valence-corrected chi connectivity index (χ3v) is 2.74. The molecule has 2 aromatic rings. The highest BCUT2D eigenvalue weighted by atomic mass is 35.5. The predicted molar refractivity (Wildman–Crippen MR) is 62.6 cm³/mol. The minimum atomic E-state index is -1.12. The number of benzene rings is 2. The minimum Gasteiger partial charge on any atom is -0.507 e. The fourth-order valence-corrected chi connectivity index (χ4v) is 2.04. The lowest BCUT2D eigenvalue weighted by molar-refractivity contribution is 0.0696. The number of fused-ring (bicyclic) bond motifs is 1. The van der Waals surface area contributed by atoms with E-state index in [1.54, 1.807) is 0 Å². The van der Waals surface area contributed by atoms with Crippen LogP contribution < -0.4 is 0 Å². The zero-order chi connectivity index (χ0) is 11.9. The Morgan fingerprint density at radius 2 is 1.75 bits per heavy atom.